The molecule has 1 heterocycles. The Hall–Kier alpha value is -4.06. The van der Waals surface area contributed by atoms with E-state index < -0.39 is 12.0 Å². The average Bonchev–Trinajstić information content (AvgIpc) is 3.08. The number of carbonyl (C=O) groups is 2. The third kappa shape index (κ3) is 5.16. The Morgan fingerprint density at radius 1 is 0.906 bits per heavy atom. The predicted octanol–water partition coefficient (Wildman–Crippen LogP) is 5.39. The zero-order valence-electron chi connectivity index (χ0n) is 17.8. The maximum Gasteiger partial charge on any atom is 0.422 e. The zero-order valence-corrected chi connectivity index (χ0v) is 17.8. The number of ether oxygens (including phenoxy) is 2. The highest BCUT2D eigenvalue weighted by molar-refractivity contribution is 6.09. The molecule has 162 valence electrons. The van der Waals surface area contributed by atoms with E-state index in [0.717, 1.165) is 33.2 Å². The number of benzene rings is 3. The first-order valence-corrected chi connectivity index (χ1v) is 10.5. The van der Waals surface area contributed by atoms with Gasteiger partial charge in [0, 0.05) is 17.9 Å². The molecule has 1 aliphatic rings. The van der Waals surface area contributed by atoms with E-state index in [0.29, 0.717) is 13.0 Å². The van der Waals surface area contributed by atoms with Gasteiger partial charge >= 0.3 is 6.09 Å². The second-order valence-corrected chi connectivity index (χ2v) is 7.27. The Morgan fingerprint density at radius 3 is 2.28 bits per heavy atom. The van der Waals surface area contributed by atoms with Gasteiger partial charge in [0.15, 0.2) is 5.76 Å². The van der Waals surface area contributed by atoms with Crippen molar-refractivity contribution in [3.8, 4) is 5.75 Å². The van der Waals surface area contributed by atoms with Crippen molar-refractivity contribution in [2.24, 2.45) is 0 Å². The van der Waals surface area contributed by atoms with Crippen LogP contribution in [0, 0.1) is 0 Å². The molecule has 1 saturated heterocycles. The molecule has 0 aromatic heterocycles. The van der Waals surface area contributed by atoms with Crippen molar-refractivity contribution in [3.05, 3.63) is 95.7 Å². The lowest BCUT2D eigenvalue weighted by atomic mass is 10.1. The van der Waals surface area contributed by atoms with Crippen molar-refractivity contribution < 1.29 is 19.1 Å². The number of anilines is 2. The number of rotatable bonds is 8. The predicted molar refractivity (Wildman–Crippen MR) is 124 cm³/mol. The summed E-state index contributed by atoms with van der Waals surface area (Å²) < 4.78 is 10.6. The van der Waals surface area contributed by atoms with E-state index in [1.807, 2.05) is 85.8 Å². The first kappa shape index (κ1) is 21.2. The Bertz CT molecular complexity index is 1110. The van der Waals surface area contributed by atoms with E-state index in [1.54, 1.807) is 6.08 Å². The van der Waals surface area contributed by atoms with Gasteiger partial charge in [-0.25, -0.2) is 9.69 Å². The van der Waals surface area contributed by atoms with Crippen molar-refractivity contribution in [2.75, 3.05) is 18.5 Å². The standard InChI is InChI=1S/C26H24N2O4/c1-2-31-23-14-10-19(11-15-23)16-17-28-25(29)24(32-26(28)30)18-20-8-12-22(13-9-20)27-21-6-4-3-5-7-21/h3-15,18,27H,2,16-17H2,1H3/b24-18+. The third-order valence-corrected chi connectivity index (χ3v) is 5.00. The number of nitrogens with zero attached hydrogens (tertiary/aromatic N) is 1. The Labute approximate surface area is 187 Å². The van der Waals surface area contributed by atoms with Crippen LogP contribution < -0.4 is 10.1 Å². The lowest BCUT2D eigenvalue weighted by Crippen LogP contribution is -2.30. The second-order valence-electron chi connectivity index (χ2n) is 7.27. The molecule has 3 aromatic carbocycles. The van der Waals surface area contributed by atoms with E-state index in [1.165, 1.54) is 0 Å². The molecular formula is C26H24N2O4. The van der Waals surface area contributed by atoms with Crippen LogP contribution in [0.2, 0.25) is 0 Å². The van der Waals surface area contributed by atoms with E-state index in [-0.39, 0.29) is 12.3 Å². The molecule has 1 aliphatic heterocycles. The van der Waals surface area contributed by atoms with Crippen LogP contribution in [-0.2, 0) is 16.0 Å². The zero-order chi connectivity index (χ0) is 22.3. The highest BCUT2D eigenvalue weighted by Crippen LogP contribution is 2.22. The number of para-hydroxylation sites is 1. The van der Waals surface area contributed by atoms with Gasteiger partial charge in [-0.05, 0) is 66.9 Å². The van der Waals surface area contributed by atoms with Crippen LogP contribution in [0.3, 0.4) is 0 Å². The molecule has 1 N–H and O–H groups in total. The van der Waals surface area contributed by atoms with Crippen LogP contribution in [0.5, 0.6) is 5.75 Å². The summed E-state index contributed by atoms with van der Waals surface area (Å²) in [6.07, 6.45) is 1.48. The Kier molecular flexibility index (Phi) is 6.51. The van der Waals surface area contributed by atoms with Crippen LogP contribution in [-0.4, -0.2) is 30.1 Å². The molecule has 0 saturated carbocycles. The summed E-state index contributed by atoms with van der Waals surface area (Å²) in [5.41, 5.74) is 3.69. The number of cyclic esters (lactones) is 1. The first-order chi connectivity index (χ1) is 15.6. The minimum absolute atomic E-state index is 0.0328. The summed E-state index contributed by atoms with van der Waals surface area (Å²) in [4.78, 5) is 26.0. The topological polar surface area (TPSA) is 67.9 Å². The van der Waals surface area contributed by atoms with Crippen molar-refractivity contribution >= 4 is 29.5 Å². The summed E-state index contributed by atoms with van der Waals surface area (Å²) in [6, 6.07) is 25.0. The fourth-order valence-corrected chi connectivity index (χ4v) is 3.35. The fourth-order valence-electron chi connectivity index (χ4n) is 3.35. The van der Waals surface area contributed by atoms with E-state index in [4.69, 9.17) is 9.47 Å². The van der Waals surface area contributed by atoms with Gasteiger partial charge < -0.3 is 14.8 Å². The molecule has 0 atom stereocenters. The van der Waals surface area contributed by atoms with Gasteiger partial charge in [-0.2, -0.15) is 0 Å². The van der Waals surface area contributed by atoms with Crippen molar-refractivity contribution in [3.63, 3.8) is 0 Å². The van der Waals surface area contributed by atoms with Crippen LogP contribution in [0.15, 0.2) is 84.6 Å². The van der Waals surface area contributed by atoms with Crippen molar-refractivity contribution in [1.29, 1.82) is 0 Å². The molecule has 6 heteroatoms. The van der Waals surface area contributed by atoms with Gasteiger partial charge in [-0.15, -0.1) is 0 Å². The number of hydrogen-bond donors (Lipinski definition) is 1. The summed E-state index contributed by atoms with van der Waals surface area (Å²) in [5.74, 6) is 0.404. The van der Waals surface area contributed by atoms with Crippen molar-refractivity contribution in [1.82, 2.24) is 4.90 Å². The van der Waals surface area contributed by atoms with Crippen LogP contribution in [0.4, 0.5) is 16.2 Å². The number of hydrogen-bond acceptors (Lipinski definition) is 5. The fraction of sp³-hybridized carbons (Fsp3) is 0.154. The molecule has 6 nitrogen and oxygen atoms in total. The van der Waals surface area contributed by atoms with E-state index >= 15 is 0 Å². The molecule has 0 spiro atoms. The lowest BCUT2D eigenvalue weighted by molar-refractivity contribution is -0.123. The highest BCUT2D eigenvalue weighted by atomic mass is 16.6. The molecule has 2 amide bonds. The largest absolute Gasteiger partial charge is 0.494 e. The highest BCUT2D eigenvalue weighted by Gasteiger charge is 2.36. The van der Waals surface area contributed by atoms with Gasteiger partial charge in [-0.1, -0.05) is 42.5 Å². The number of carbonyl (C=O) groups excluding carboxylic acids is 2. The number of imide groups is 1. The molecule has 0 aliphatic carbocycles. The van der Waals surface area contributed by atoms with Gasteiger partial charge in [-0.3, -0.25) is 4.79 Å². The van der Waals surface area contributed by atoms with Gasteiger partial charge in [0.05, 0.1) is 6.61 Å². The smallest absolute Gasteiger partial charge is 0.422 e. The molecular weight excluding hydrogens is 404 g/mol. The van der Waals surface area contributed by atoms with Crippen LogP contribution >= 0.6 is 0 Å². The normalized spacial score (nSPS) is 14.5. The lowest BCUT2D eigenvalue weighted by Gasteiger charge is -2.10. The minimum atomic E-state index is -0.644. The maximum absolute atomic E-state index is 12.7. The molecule has 3 aromatic rings. The van der Waals surface area contributed by atoms with Crippen LogP contribution in [0.25, 0.3) is 6.08 Å². The van der Waals surface area contributed by atoms with Gasteiger partial charge in [0.2, 0.25) is 0 Å². The quantitative estimate of drug-likeness (QED) is 0.487. The summed E-state index contributed by atoms with van der Waals surface area (Å²) in [7, 11) is 0. The third-order valence-electron chi connectivity index (χ3n) is 5.00. The van der Waals surface area contributed by atoms with Crippen LogP contribution in [0.1, 0.15) is 18.1 Å². The Balaban J connectivity index is 1.37. The van der Waals surface area contributed by atoms with E-state index in [2.05, 4.69) is 5.32 Å². The molecule has 1 fully saturated rings. The molecule has 4 rings (SSSR count). The number of nitrogens with one attached hydrogen (secondary N) is 1. The minimum Gasteiger partial charge on any atom is -0.494 e. The SMILES string of the molecule is CCOc1ccc(CCN2C(=O)O/C(=C/c3ccc(Nc4ccccc4)cc3)C2=O)cc1. The summed E-state index contributed by atoms with van der Waals surface area (Å²) >= 11 is 0. The first-order valence-electron chi connectivity index (χ1n) is 10.5. The molecule has 0 radical (unpaired) electrons. The summed E-state index contributed by atoms with van der Waals surface area (Å²) in [6.45, 7) is 2.79. The van der Waals surface area contributed by atoms with Gasteiger partial charge in [0.1, 0.15) is 5.75 Å². The van der Waals surface area contributed by atoms with Crippen molar-refractivity contribution in [2.45, 2.75) is 13.3 Å². The monoisotopic (exact) mass is 428 g/mol. The average molecular weight is 428 g/mol. The Morgan fingerprint density at radius 2 is 1.59 bits per heavy atom. The second kappa shape index (κ2) is 9.83. The molecule has 0 unspecified atom stereocenters. The number of amides is 2. The molecule has 0 bridgehead atoms. The molecule has 32 heavy (non-hydrogen) atoms. The van der Waals surface area contributed by atoms with Gasteiger partial charge in [0.25, 0.3) is 5.91 Å². The maximum atomic E-state index is 12.7. The summed E-state index contributed by atoms with van der Waals surface area (Å²) in [5, 5.41) is 3.30. The van der Waals surface area contributed by atoms with E-state index in [9.17, 15) is 9.59 Å².